The molecule has 0 radical (unpaired) electrons. The molecule has 0 spiro atoms. The summed E-state index contributed by atoms with van der Waals surface area (Å²) in [6, 6.07) is 71.0. The number of hydrogen-bond acceptors (Lipinski definition) is 1. The Labute approximate surface area is 317 Å². The second-order valence-electron chi connectivity index (χ2n) is 14.7. The summed E-state index contributed by atoms with van der Waals surface area (Å²) in [7, 11) is 0. The van der Waals surface area contributed by atoms with Crippen LogP contribution in [0.15, 0.2) is 199 Å². The molecule has 254 valence electrons. The van der Waals surface area contributed by atoms with Gasteiger partial charge in [0.05, 0.1) is 0 Å². The summed E-state index contributed by atoms with van der Waals surface area (Å²) in [6.07, 6.45) is 0. The molecule has 1 heteroatoms. The number of rotatable bonds is 3. The number of fused-ring (bicyclic) bond motifs is 13. The maximum Gasteiger partial charge on any atom is 0.143 e. The van der Waals surface area contributed by atoms with E-state index < -0.39 is 0 Å². The Morgan fingerprint density at radius 3 is 1.51 bits per heavy atom. The summed E-state index contributed by atoms with van der Waals surface area (Å²) < 4.78 is 6.94. The molecule has 0 aliphatic heterocycles. The normalized spacial score (nSPS) is 12.0. The average molecular weight is 697 g/mol. The van der Waals surface area contributed by atoms with Gasteiger partial charge >= 0.3 is 0 Å². The lowest BCUT2D eigenvalue weighted by atomic mass is 9.84. The molecule has 1 heterocycles. The molecule has 0 fully saturated rings. The molecule has 0 saturated heterocycles. The predicted molar refractivity (Wildman–Crippen MR) is 235 cm³/mol. The second kappa shape index (κ2) is 11.6. The zero-order chi connectivity index (χ0) is 36.0. The Morgan fingerprint density at radius 1 is 0.255 bits per heavy atom. The van der Waals surface area contributed by atoms with Gasteiger partial charge < -0.3 is 4.42 Å². The van der Waals surface area contributed by atoms with Gasteiger partial charge in [-0.05, 0) is 105 Å². The van der Waals surface area contributed by atoms with Crippen molar-refractivity contribution < 1.29 is 4.42 Å². The highest BCUT2D eigenvalue weighted by atomic mass is 16.3. The van der Waals surface area contributed by atoms with Crippen LogP contribution < -0.4 is 0 Å². The molecule has 12 aromatic rings. The van der Waals surface area contributed by atoms with Crippen LogP contribution in [-0.4, -0.2) is 0 Å². The van der Waals surface area contributed by atoms with E-state index >= 15 is 0 Å². The third kappa shape index (κ3) is 4.41. The molecule has 0 unspecified atom stereocenters. The molecule has 0 atom stereocenters. The second-order valence-corrected chi connectivity index (χ2v) is 14.7. The van der Waals surface area contributed by atoms with Crippen molar-refractivity contribution in [3.05, 3.63) is 194 Å². The van der Waals surface area contributed by atoms with Gasteiger partial charge in [-0.15, -0.1) is 0 Å². The fraction of sp³-hybridized carbons (Fsp3) is 0. The van der Waals surface area contributed by atoms with Crippen LogP contribution >= 0.6 is 0 Å². The van der Waals surface area contributed by atoms with Crippen molar-refractivity contribution in [3.63, 3.8) is 0 Å². The van der Waals surface area contributed by atoms with E-state index in [4.69, 9.17) is 4.42 Å². The SMILES string of the molecule is c1cc(-c2ccc3ccc4c(oc5c6ccccc6c6ccccc6c45)c3c2)cc(-c2c3ccccc3c(-c3cccc4ccccc34)c3ccccc23)c1. The van der Waals surface area contributed by atoms with Gasteiger partial charge in [0, 0.05) is 21.5 Å². The van der Waals surface area contributed by atoms with Crippen LogP contribution in [0.25, 0.3) is 120 Å². The molecule has 55 heavy (non-hydrogen) atoms. The van der Waals surface area contributed by atoms with Crippen LogP contribution in [0, 0.1) is 0 Å². The molecule has 0 bridgehead atoms. The maximum atomic E-state index is 6.94. The average Bonchev–Trinajstić information content (AvgIpc) is 3.66. The van der Waals surface area contributed by atoms with Gasteiger partial charge in [-0.25, -0.2) is 0 Å². The van der Waals surface area contributed by atoms with E-state index in [0.29, 0.717) is 0 Å². The summed E-state index contributed by atoms with van der Waals surface area (Å²) >= 11 is 0. The first kappa shape index (κ1) is 30.3. The lowest BCUT2D eigenvalue weighted by Gasteiger charge is -2.19. The molecule has 0 amide bonds. The van der Waals surface area contributed by atoms with Gasteiger partial charge in [0.1, 0.15) is 11.2 Å². The van der Waals surface area contributed by atoms with Crippen molar-refractivity contribution in [3.8, 4) is 33.4 Å². The van der Waals surface area contributed by atoms with Crippen LogP contribution in [0.4, 0.5) is 0 Å². The lowest BCUT2D eigenvalue weighted by Crippen LogP contribution is -1.92. The minimum atomic E-state index is 0.938. The molecule has 0 N–H and O–H groups in total. The van der Waals surface area contributed by atoms with Crippen LogP contribution in [0.1, 0.15) is 0 Å². The standard InChI is InChI=1S/C54H32O/c1-2-17-38-33(13-1)14-12-26-41(38)51-45-23-8-6-21-43(45)50(44-22-7-9-24-46(44)51)37-16-11-15-35(31-37)36-28-27-34-29-30-48-52-42-20-5-3-18-39(42)40-19-4-10-25-47(40)54(52)55-53(48)49(34)32-36/h1-32H. The minimum Gasteiger partial charge on any atom is -0.455 e. The van der Waals surface area contributed by atoms with Gasteiger partial charge in [-0.2, -0.15) is 0 Å². The van der Waals surface area contributed by atoms with Crippen LogP contribution in [0.3, 0.4) is 0 Å². The number of hydrogen-bond donors (Lipinski definition) is 0. The largest absolute Gasteiger partial charge is 0.455 e. The van der Waals surface area contributed by atoms with Crippen molar-refractivity contribution in [2.24, 2.45) is 0 Å². The number of furan rings is 1. The van der Waals surface area contributed by atoms with Gasteiger partial charge in [0.15, 0.2) is 0 Å². The highest BCUT2D eigenvalue weighted by Gasteiger charge is 2.20. The van der Waals surface area contributed by atoms with Crippen molar-refractivity contribution in [2.45, 2.75) is 0 Å². The highest BCUT2D eigenvalue weighted by molar-refractivity contribution is 6.32. The maximum absolute atomic E-state index is 6.94. The van der Waals surface area contributed by atoms with E-state index in [2.05, 4.69) is 194 Å². The quantitative estimate of drug-likeness (QED) is 0.132. The minimum absolute atomic E-state index is 0.938. The first-order chi connectivity index (χ1) is 27.3. The molecule has 0 aliphatic rings. The highest BCUT2D eigenvalue weighted by Crippen LogP contribution is 2.47. The Hall–Kier alpha value is -7.22. The van der Waals surface area contributed by atoms with Gasteiger partial charge in [0.25, 0.3) is 0 Å². The molecular weight excluding hydrogens is 665 g/mol. The van der Waals surface area contributed by atoms with E-state index in [1.54, 1.807) is 0 Å². The topological polar surface area (TPSA) is 13.1 Å². The Morgan fingerprint density at radius 2 is 0.764 bits per heavy atom. The van der Waals surface area contributed by atoms with E-state index in [0.717, 1.165) is 32.9 Å². The van der Waals surface area contributed by atoms with Crippen LogP contribution in [-0.2, 0) is 0 Å². The van der Waals surface area contributed by atoms with E-state index in [-0.39, 0.29) is 0 Å². The molecule has 12 rings (SSSR count). The third-order valence-corrected chi connectivity index (χ3v) is 11.8. The van der Waals surface area contributed by atoms with Gasteiger partial charge in [-0.3, -0.25) is 0 Å². The molecular formula is C54H32O. The molecule has 11 aromatic carbocycles. The van der Waals surface area contributed by atoms with Crippen molar-refractivity contribution in [1.82, 2.24) is 0 Å². The van der Waals surface area contributed by atoms with Crippen molar-refractivity contribution in [2.75, 3.05) is 0 Å². The lowest BCUT2D eigenvalue weighted by molar-refractivity contribution is 0.676. The first-order valence-corrected chi connectivity index (χ1v) is 19.0. The summed E-state index contributed by atoms with van der Waals surface area (Å²) in [5.41, 5.74) is 9.24. The fourth-order valence-electron chi connectivity index (χ4n) is 9.39. The van der Waals surface area contributed by atoms with Crippen molar-refractivity contribution in [1.29, 1.82) is 0 Å². The molecule has 0 aliphatic carbocycles. The molecule has 1 nitrogen and oxygen atoms in total. The predicted octanol–water partition coefficient (Wildman–Crippen LogP) is 15.5. The fourth-order valence-corrected chi connectivity index (χ4v) is 9.39. The van der Waals surface area contributed by atoms with Gasteiger partial charge in [-0.1, -0.05) is 176 Å². The Kier molecular flexibility index (Phi) is 6.40. The van der Waals surface area contributed by atoms with Crippen LogP contribution in [0.2, 0.25) is 0 Å². The Bertz CT molecular complexity index is 3490. The molecule has 1 aromatic heterocycles. The van der Waals surface area contributed by atoms with E-state index in [1.165, 1.54) is 87.1 Å². The zero-order valence-corrected chi connectivity index (χ0v) is 29.9. The third-order valence-electron chi connectivity index (χ3n) is 11.8. The van der Waals surface area contributed by atoms with E-state index in [9.17, 15) is 0 Å². The summed E-state index contributed by atoms with van der Waals surface area (Å²) in [5, 5.41) is 17.0. The first-order valence-electron chi connectivity index (χ1n) is 19.0. The smallest absolute Gasteiger partial charge is 0.143 e. The summed E-state index contributed by atoms with van der Waals surface area (Å²) in [6.45, 7) is 0. The number of benzene rings is 11. The van der Waals surface area contributed by atoms with Crippen LogP contribution in [0.5, 0.6) is 0 Å². The van der Waals surface area contributed by atoms with Crippen molar-refractivity contribution >= 4 is 86.6 Å². The monoisotopic (exact) mass is 696 g/mol. The Balaban J connectivity index is 1.08. The van der Waals surface area contributed by atoms with Gasteiger partial charge in [0.2, 0.25) is 0 Å². The summed E-state index contributed by atoms with van der Waals surface area (Å²) in [5.74, 6) is 0. The summed E-state index contributed by atoms with van der Waals surface area (Å²) in [4.78, 5) is 0. The van der Waals surface area contributed by atoms with E-state index in [1.807, 2.05) is 0 Å². The zero-order valence-electron chi connectivity index (χ0n) is 29.9. The molecule has 0 saturated carbocycles.